The third-order valence-corrected chi connectivity index (χ3v) is 9.70. The van der Waals surface area contributed by atoms with Crippen LogP contribution in [0.3, 0.4) is 0 Å². The number of Topliss-reactive ketones (excluding diaryl/α,β-unsaturated/α-hetero) is 1. The van der Waals surface area contributed by atoms with Gasteiger partial charge in [-0.3, -0.25) is 4.79 Å². The molecule has 2 aliphatic rings. The van der Waals surface area contributed by atoms with E-state index in [1.807, 2.05) is 72.4 Å². The number of hydrogen-bond acceptors (Lipinski definition) is 6. The molecular weight excluding hydrogens is 521 g/mol. The Bertz CT molecular complexity index is 1680. The van der Waals surface area contributed by atoms with Crippen LogP contribution in [0.4, 0.5) is 0 Å². The van der Waals surface area contributed by atoms with Gasteiger partial charge in [0.25, 0.3) is 10.0 Å². The van der Waals surface area contributed by atoms with Crippen molar-refractivity contribution in [2.24, 2.45) is 4.40 Å². The zero-order valence-corrected chi connectivity index (χ0v) is 22.3. The van der Waals surface area contributed by atoms with Crippen molar-refractivity contribution in [3.05, 3.63) is 122 Å². The Morgan fingerprint density at radius 3 is 2.43 bits per heavy atom. The summed E-state index contributed by atoms with van der Waals surface area (Å²) in [6, 6.07) is 21.9. The summed E-state index contributed by atoms with van der Waals surface area (Å²) in [4.78, 5) is 17.9. The molecule has 4 heterocycles. The van der Waals surface area contributed by atoms with Gasteiger partial charge in [-0.2, -0.15) is 12.8 Å². The van der Waals surface area contributed by atoms with E-state index in [2.05, 4.69) is 9.30 Å². The molecule has 0 N–H and O–H groups in total. The zero-order chi connectivity index (χ0) is 25.6. The van der Waals surface area contributed by atoms with E-state index in [1.165, 1.54) is 11.3 Å². The van der Waals surface area contributed by atoms with Crippen LogP contribution in [0, 0.1) is 6.92 Å². The molecular formula is C29H22N2O3S3. The van der Waals surface area contributed by atoms with Gasteiger partial charge in [0.2, 0.25) is 5.78 Å². The minimum absolute atomic E-state index is 0.109. The molecule has 6 rings (SSSR count). The van der Waals surface area contributed by atoms with Crippen LogP contribution in [0.15, 0.2) is 105 Å². The Kier molecular flexibility index (Phi) is 6.03. The third kappa shape index (κ3) is 4.31. The van der Waals surface area contributed by atoms with E-state index in [0.29, 0.717) is 16.1 Å². The van der Waals surface area contributed by atoms with E-state index >= 15 is 0 Å². The van der Waals surface area contributed by atoms with Crippen LogP contribution in [0.1, 0.15) is 43.7 Å². The second-order valence-electron chi connectivity index (χ2n) is 8.90. The molecule has 0 amide bonds. The highest BCUT2D eigenvalue weighted by molar-refractivity contribution is 7.90. The van der Waals surface area contributed by atoms with Crippen molar-refractivity contribution in [3.8, 4) is 0 Å². The second kappa shape index (κ2) is 9.37. The van der Waals surface area contributed by atoms with Gasteiger partial charge < -0.3 is 4.90 Å². The highest BCUT2D eigenvalue weighted by Crippen LogP contribution is 2.46. The lowest BCUT2D eigenvalue weighted by molar-refractivity contribution is 0.104. The van der Waals surface area contributed by atoms with E-state index in [4.69, 9.17) is 0 Å². The fraction of sp³-hybridized carbons (Fsp3) is 0.103. The Hall–Kier alpha value is -3.59. The summed E-state index contributed by atoms with van der Waals surface area (Å²) in [5, 5.41) is 3.86. The summed E-state index contributed by atoms with van der Waals surface area (Å²) in [5.41, 5.74) is 4.12. The predicted molar refractivity (Wildman–Crippen MR) is 150 cm³/mol. The van der Waals surface area contributed by atoms with Crippen LogP contribution < -0.4 is 0 Å². The predicted octanol–water partition coefficient (Wildman–Crippen LogP) is 6.97. The molecule has 2 aliphatic heterocycles. The molecule has 0 bridgehead atoms. The van der Waals surface area contributed by atoms with Crippen LogP contribution in [0.25, 0.3) is 11.8 Å². The lowest BCUT2D eigenvalue weighted by Crippen LogP contribution is -2.35. The number of rotatable bonds is 5. The summed E-state index contributed by atoms with van der Waals surface area (Å²) >= 11 is 2.95. The van der Waals surface area contributed by atoms with Crippen LogP contribution >= 0.6 is 22.7 Å². The largest absolute Gasteiger partial charge is 0.338 e. The average Bonchev–Trinajstić information content (AvgIpc) is 3.63. The molecule has 4 aromatic rings. The molecule has 0 saturated carbocycles. The van der Waals surface area contributed by atoms with Crippen LogP contribution in [-0.2, 0) is 10.0 Å². The minimum Gasteiger partial charge on any atom is -0.338 e. The summed E-state index contributed by atoms with van der Waals surface area (Å²) in [6.45, 7) is 1.90. The van der Waals surface area contributed by atoms with Crippen molar-refractivity contribution in [2.45, 2.75) is 24.3 Å². The van der Waals surface area contributed by atoms with Gasteiger partial charge in [0.1, 0.15) is 0 Å². The molecule has 37 heavy (non-hydrogen) atoms. The van der Waals surface area contributed by atoms with Crippen molar-refractivity contribution in [3.63, 3.8) is 0 Å². The number of nitrogens with zero attached hydrogens (tertiary/aromatic N) is 2. The van der Waals surface area contributed by atoms with E-state index in [-0.39, 0.29) is 28.9 Å². The fourth-order valence-corrected chi connectivity index (χ4v) is 7.29. The van der Waals surface area contributed by atoms with Crippen molar-refractivity contribution < 1.29 is 13.2 Å². The zero-order valence-electron chi connectivity index (χ0n) is 19.9. The number of ketones is 1. The summed E-state index contributed by atoms with van der Waals surface area (Å²) in [5.74, 6) is -0.220. The molecule has 0 spiro atoms. The highest BCUT2D eigenvalue weighted by Gasteiger charge is 2.39. The van der Waals surface area contributed by atoms with Crippen molar-refractivity contribution in [1.29, 1.82) is 0 Å². The molecule has 1 atom stereocenters. The van der Waals surface area contributed by atoms with Crippen molar-refractivity contribution in [1.82, 2.24) is 4.90 Å². The first-order chi connectivity index (χ1) is 17.9. The molecule has 0 fully saturated rings. The molecule has 2 aromatic heterocycles. The van der Waals surface area contributed by atoms with Crippen LogP contribution in [-0.4, -0.2) is 24.8 Å². The van der Waals surface area contributed by atoms with Gasteiger partial charge in [0.15, 0.2) is 0 Å². The average molecular weight is 543 g/mol. The van der Waals surface area contributed by atoms with E-state index in [9.17, 15) is 13.2 Å². The molecule has 184 valence electrons. The fourth-order valence-electron chi connectivity index (χ4n) is 4.75. The number of allylic oxidation sites excluding steroid dienone is 1. The highest BCUT2D eigenvalue weighted by atomic mass is 32.2. The summed E-state index contributed by atoms with van der Waals surface area (Å²) in [7, 11) is -4.05. The van der Waals surface area contributed by atoms with Crippen LogP contribution in [0.5, 0.6) is 0 Å². The monoisotopic (exact) mass is 542 g/mol. The quantitative estimate of drug-likeness (QED) is 0.255. The van der Waals surface area contributed by atoms with Gasteiger partial charge in [-0.05, 0) is 53.6 Å². The number of hydrogen-bond donors (Lipinski definition) is 0. The summed E-state index contributed by atoms with van der Waals surface area (Å²) < 4.78 is 31.4. The smallest absolute Gasteiger partial charge is 0.282 e. The number of sulfonamides is 1. The van der Waals surface area contributed by atoms with Crippen molar-refractivity contribution in [2.75, 3.05) is 0 Å². The van der Waals surface area contributed by atoms with Crippen molar-refractivity contribution >= 4 is 56.0 Å². The Morgan fingerprint density at radius 2 is 1.70 bits per heavy atom. The molecule has 2 aromatic carbocycles. The second-order valence-corrected chi connectivity index (χ2v) is 12.4. The van der Waals surface area contributed by atoms with E-state index in [0.717, 1.165) is 21.6 Å². The SMILES string of the molecule is Cc1ccc(S(=O)(=O)/N=C2\CC(c3cccs3)N3C=Cc4ccccc4C3=C2C(=O)c2cccs2)cc1. The number of benzene rings is 2. The van der Waals surface area contributed by atoms with Gasteiger partial charge in [-0.15, -0.1) is 22.7 Å². The standard InChI is InChI=1S/C29H22N2O3S3/c1-19-10-12-21(13-11-19)37(33,34)30-23-18-24(25-8-4-16-35-25)31-15-14-20-6-2-3-7-22(20)28(31)27(23)29(32)26-9-5-17-36-26/h2-17,24H,18H2,1H3/b30-23+. The third-order valence-electron chi connectivity index (χ3n) is 6.53. The number of fused-ring (bicyclic) bond motifs is 3. The molecule has 0 radical (unpaired) electrons. The maximum atomic E-state index is 14.0. The van der Waals surface area contributed by atoms with Crippen LogP contribution in [0.2, 0.25) is 0 Å². The molecule has 5 nitrogen and oxygen atoms in total. The lowest BCUT2D eigenvalue weighted by atomic mass is 9.85. The first-order valence-electron chi connectivity index (χ1n) is 11.7. The van der Waals surface area contributed by atoms with Gasteiger partial charge in [-0.1, -0.05) is 54.1 Å². The lowest BCUT2D eigenvalue weighted by Gasteiger charge is -2.40. The Morgan fingerprint density at radius 1 is 0.946 bits per heavy atom. The Labute approximate surface area is 223 Å². The molecule has 1 unspecified atom stereocenters. The normalized spacial score (nSPS) is 18.1. The van der Waals surface area contributed by atoms with Gasteiger partial charge in [0, 0.05) is 23.1 Å². The topological polar surface area (TPSA) is 66.8 Å². The maximum Gasteiger partial charge on any atom is 0.282 e. The number of thiophene rings is 2. The van der Waals surface area contributed by atoms with Gasteiger partial charge in [-0.25, -0.2) is 0 Å². The number of carbonyl (C=O) groups is 1. The summed E-state index contributed by atoms with van der Waals surface area (Å²) in [6.07, 6.45) is 4.32. The Balaban J connectivity index is 1.63. The first-order valence-corrected chi connectivity index (χ1v) is 14.9. The van der Waals surface area contributed by atoms with Gasteiger partial charge >= 0.3 is 0 Å². The first kappa shape index (κ1) is 23.8. The minimum atomic E-state index is -4.05. The molecule has 0 saturated heterocycles. The number of aryl methyl sites for hydroxylation is 1. The number of carbonyl (C=O) groups excluding carboxylic acids is 1. The molecule has 8 heteroatoms. The van der Waals surface area contributed by atoms with E-state index in [1.54, 1.807) is 41.7 Å². The molecule has 0 aliphatic carbocycles. The van der Waals surface area contributed by atoms with Gasteiger partial charge in [0.05, 0.1) is 32.8 Å². The van der Waals surface area contributed by atoms with E-state index < -0.39 is 10.0 Å². The maximum absolute atomic E-state index is 14.0.